The third-order valence-electron chi connectivity index (χ3n) is 5.21. The Labute approximate surface area is 176 Å². The standard InChI is InChI=1S/C21H30N4O3S/c1-16-4-2-5-17-14-18(20(27)23-19(16)17)15-25(8-11-26)21(29)22-6-3-7-24-9-12-28-13-10-24/h2,4-5,14,26H,3,6-13,15H2,1H3,(H,22,29)(H,23,27). The lowest BCUT2D eigenvalue weighted by atomic mass is 10.1. The Kier molecular flexibility index (Phi) is 8.00. The molecular formula is C21H30N4O3S. The number of aromatic amines is 1. The van der Waals surface area contributed by atoms with Gasteiger partial charge in [-0.2, -0.15) is 0 Å². The number of benzene rings is 1. The van der Waals surface area contributed by atoms with Crippen LogP contribution in [-0.2, 0) is 11.3 Å². The topological polar surface area (TPSA) is 80.8 Å². The normalized spacial score (nSPS) is 14.8. The molecule has 1 aromatic carbocycles. The van der Waals surface area contributed by atoms with Crippen LogP contribution in [0.1, 0.15) is 17.5 Å². The molecule has 8 heteroatoms. The van der Waals surface area contributed by atoms with Gasteiger partial charge in [-0.3, -0.25) is 9.69 Å². The van der Waals surface area contributed by atoms with Gasteiger partial charge in [-0.1, -0.05) is 18.2 Å². The highest BCUT2D eigenvalue weighted by molar-refractivity contribution is 7.80. The van der Waals surface area contributed by atoms with Gasteiger partial charge in [0.2, 0.25) is 0 Å². The number of para-hydroxylation sites is 1. The van der Waals surface area contributed by atoms with E-state index in [-0.39, 0.29) is 12.2 Å². The zero-order valence-corrected chi connectivity index (χ0v) is 17.8. The van der Waals surface area contributed by atoms with Gasteiger partial charge in [-0.25, -0.2) is 0 Å². The maximum Gasteiger partial charge on any atom is 0.253 e. The van der Waals surface area contributed by atoms with Gasteiger partial charge >= 0.3 is 0 Å². The Balaban J connectivity index is 1.58. The van der Waals surface area contributed by atoms with Crippen LogP contribution >= 0.6 is 12.2 Å². The Hall–Kier alpha value is -2.00. The van der Waals surface area contributed by atoms with Crippen LogP contribution in [0.5, 0.6) is 0 Å². The molecule has 0 spiro atoms. The van der Waals surface area contributed by atoms with Crippen molar-refractivity contribution in [3.63, 3.8) is 0 Å². The molecule has 7 nitrogen and oxygen atoms in total. The van der Waals surface area contributed by atoms with Gasteiger partial charge in [0.1, 0.15) is 0 Å². The quantitative estimate of drug-likeness (QED) is 0.439. The maximum absolute atomic E-state index is 12.6. The molecule has 2 heterocycles. The van der Waals surface area contributed by atoms with E-state index in [1.54, 1.807) is 0 Å². The van der Waals surface area contributed by atoms with Gasteiger partial charge < -0.3 is 25.0 Å². The van der Waals surface area contributed by atoms with Crippen molar-refractivity contribution in [3.8, 4) is 0 Å². The molecule has 0 amide bonds. The fourth-order valence-electron chi connectivity index (χ4n) is 3.56. The maximum atomic E-state index is 12.6. The van der Waals surface area contributed by atoms with Crippen molar-refractivity contribution in [1.82, 2.24) is 20.1 Å². The molecule has 1 aliphatic heterocycles. The minimum absolute atomic E-state index is 0.0276. The molecule has 2 aromatic rings. The number of thiocarbonyl (C=S) groups is 1. The van der Waals surface area contributed by atoms with Gasteiger partial charge in [0, 0.05) is 31.7 Å². The van der Waals surface area contributed by atoms with Crippen LogP contribution in [-0.4, -0.2) is 77.5 Å². The van der Waals surface area contributed by atoms with Gasteiger partial charge in [0.05, 0.1) is 31.9 Å². The minimum Gasteiger partial charge on any atom is -0.395 e. The average molecular weight is 419 g/mol. The second-order valence-corrected chi connectivity index (χ2v) is 7.73. The Bertz CT molecular complexity index is 880. The monoisotopic (exact) mass is 418 g/mol. The molecule has 0 atom stereocenters. The minimum atomic E-state index is -0.121. The molecular weight excluding hydrogens is 388 g/mol. The number of fused-ring (bicyclic) bond motifs is 1. The van der Waals surface area contributed by atoms with Crippen molar-refractivity contribution < 1.29 is 9.84 Å². The molecule has 0 radical (unpaired) electrons. The first-order valence-electron chi connectivity index (χ1n) is 10.1. The molecule has 0 aliphatic carbocycles. The molecule has 0 unspecified atom stereocenters. The van der Waals surface area contributed by atoms with Crippen LogP contribution in [0.25, 0.3) is 10.9 Å². The van der Waals surface area contributed by atoms with Crippen LogP contribution in [0.15, 0.2) is 29.1 Å². The molecule has 1 saturated heterocycles. The number of aliphatic hydroxyl groups excluding tert-OH is 1. The van der Waals surface area contributed by atoms with Crippen molar-refractivity contribution in [2.45, 2.75) is 19.9 Å². The van der Waals surface area contributed by atoms with Crippen molar-refractivity contribution in [2.24, 2.45) is 0 Å². The van der Waals surface area contributed by atoms with E-state index >= 15 is 0 Å². The van der Waals surface area contributed by atoms with Crippen molar-refractivity contribution >= 4 is 28.2 Å². The number of aromatic nitrogens is 1. The van der Waals surface area contributed by atoms with Gasteiger partial charge in [0.25, 0.3) is 5.56 Å². The number of nitrogens with one attached hydrogen (secondary N) is 2. The highest BCUT2D eigenvalue weighted by Gasteiger charge is 2.14. The molecule has 0 bridgehead atoms. The van der Waals surface area contributed by atoms with E-state index in [2.05, 4.69) is 15.2 Å². The summed E-state index contributed by atoms with van der Waals surface area (Å²) in [5, 5.41) is 14.3. The third-order valence-corrected chi connectivity index (χ3v) is 5.62. The Morgan fingerprint density at radius 1 is 1.38 bits per heavy atom. The summed E-state index contributed by atoms with van der Waals surface area (Å²) >= 11 is 5.53. The summed E-state index contributed by atoms with van der Waals surface area (Å²) in [4.78, 5) is 19.8. The van der Waals surface area contributed by atoms with Crippen molar-refractivity contribution in [2.75, 3.05) is 52.5 Å². The number of H-pyrrole nitrogens is 1. The number of hydrogen-bond acceptors (Lipinski definition) is 5. The van der Waals surface area contributed by atoms with Gasteiger partial charge in [-0.15, -0.1) is 0 Å². The summed E-state index contributed by atoms with van der Waals surface area (Å²) in [5.41, 5.74) is 2.41. The Morgan fingerprint density at radius 3 is 2.93 bits per heavy atom. The van der Waals surface area contributed by atoms with Gasteiger partial charge in [0.15, 0.2) is 5.11 Å². The van der Waals surface area contributed by atoms with E-state index in [0.29, 0.717) is 23.8 Å². The van der Waals surface area contributed by atoms with E-state index in [4.69, 9.17) is 17.0 Å². The average Bonchev–Trinajstić information content (AvgIpc) is 2.73. The predicted molar refractivity (Wildman–Crippen MR) is 119 cm³/mol. The summed E-state index contributed by atoms with van der Waals surface area (Å²) in [5.74, 6) is 0. The molecule has 1 aliphatic rings. The molecule has 1 aromatic heterocycles. The lowest BCUT2D eigenvalue weighted by molar-refractivity contribution is 0.0376. The van der Waals surface area contributed by atoms with E-state index < -0.39 is 0 Å². The molecule has 29 heavy (non-hydrogen) atoms. The summed E-state index contributed by atoms with van der Waals surface area (Å²) < 4.78 is 5.37. The van der Waals surface area contributed by atoms with E-state index in [9.17, 15) is 9.90 Å². The van der Waals surface area contributed by atoms with Crippen molar-refractivity contribution in [3.05, 3.63) is 45.7 Å². The van der Waals surface area contributed by atoms with E-state index in [0.717, 1.165) is 62.3 Å². The van der Waals surface area contributed by atoms with Crippen LogP contribution in [0.4, 0.5) is 0 Å². The lowest BCUT2D eigenvalue weighted by Crippen LogP contribution is -2.43. The highest BCUT2D eigenvalue weighted by Crippen LogP contribution is 2.15. The number of hydrogen-bond donors (Lipinski definition) is 3. The number of ether oxygens (including phenoxy) is 1. The molecule has 3 rings (SSSR count). The van der Waals surface area contributed by atoms with Crippen molar-refractivity contribution in [1.29, 1.82) is 0 Å². The van der Waals surface area contributed by atoms with Crippen LogP contribution in [0, 0.1) is 6.92 Å². The predicted octanol–water partition coefficient (Wildman–Crippen LogP) is 1.23. The fraction of sp³-hybridized carbons (Fsp3) is 0.524. The van der Waals surface area contributed by atoms with Crippen LogP contribution in [0.3, 0.4) is 0 Å². The molecule has 158 valence electrons. The van der Waals surface area contributed by atoms with Crippen LogP contribution < -0.4 is 10.9 Å². The zero-order valence-electron chi connectivity index (χ0n) is 16.9. The molecule has 3 N–H and O–H groups in total. The first kappa shape index (κ1) is 21.7. The SMILES string of the molecule is Cc1cccc2cc(CN(CCO)C(=S)NCCCN3CCOCC3)c(=O)[nH]c12. The lowest BCUT2D eigenvalue weighted by Gasteiger charge is -2.27. The van der Waals surface area contributed by atoms with Gasteiger partial charge in [-0.05, 0) is 49.1 Å². The first-order chi connectivity index (χ1) is 14.1. The number of pyridine rings is 1. The third kappa shape index (κ3) is 5.99. The second kappa shape index (κ2) is 10.7. The zero-order chi connectivity index (χ0) is 20.6. The summed E-state index contributed by atoms with van der Waals surface area (Å²) in [6.07, 6.45) is 0.975. The Morgan fingerprint density at radius 2 is 2.17 bits per heavy atom. The number of rotatable bonds is 8. The molecule has 1 fully saturated rings. The first-order valence-corrected chi connectivity index (χ1v) is 10.5. The highest BCUT2D eigenvalue weighted by atomic mass is 32.1. The number of aliphatic hydroxyl groups is 1. The number of morpholine rings is 1. The summed E-state index contributed by atoms with van der Waals surface area (Å²) in [6.45, 7) is 8.00. The second-order valence-electron chi connectivity index (χ2n) is 7.35. The fourth-order valence-corrected chi connectivity index (χ4v) is 3.82. The largest absolute Gasteiger partial charge is 0.395 e. The van der Waals surface area contributed by atoms with E-state index in [1.165, 1.54) is 0 Å². The smallest absolute Gasteiger partial charge is 0.253 e. The number of aryl methyl sites for hydroxylation is 1. The summed E-state index contributed by atoms with van der Waals surface area (Å²) in [6, 6.07) is 7.85. The molecule has 0 saturated carbocycles. The van der Waals surface area contributed by atoms with E-state index in [1.807, 2.05) is 36.1 Å². The summed E-state index contributed by atoms with van der Waals surface area (Å²) in [7, 11) is 0. The van der Waals surface area contributed by atoms with Crippen LogP contribution in [0.2, 0.25) is 0 Å². The number of nitrogens with zero attached hydrogens (tertiary/aromatic N) is 2.